The molecular weight excluding hydrogens is 282 g/mol. The Bertz CT molecular complexity index is 600. The van der Waals surface area contributed by atoms with Gasteiger partial charge in [0, 0.05) is 23.9 Å². The van der Waals surface area contributed by atoms with Gasteiger partial charge in [-0.25, -0.2) is 0 Å². The van der Waals surface area contributed by atoms with Crippen molar-refractivity contribution in [2.45, 2.75) is 33.4 Å². The first-order valence-corrected chi connectivity index (χ1v) is 7.73. The predicted molar refractivity (Wildman–Crippen MR) is 81.9 cm³/mol. The summed E-state index contributed by atoms with van der Waals surface area (Å²) in [4.78, 5) is 2.38. The minimum atomic E-state index is 0.202. The van der Waals surface area contributed by atoms with Crippen LogP contribution in [0.4, 0.5) is 0 Å². The topological polar surface area (TPSA) is 63.5 Å². The number of furan rings is 1. The first-order chi connectivity index (χ1) is 10.7. The molecule has 1 N–H and O–H groups in total. The Morgan fingerprint density at radius 1 is 1.41 bits per heavy atom. The van der Waals surface area contributed by atoms with Gasteiger partial charge in [0.25, 0.3) is 5.95 Å². The lowest BCUT2D eigenvalue weighted by Crippen LogP contribution is -2.39. The Morgan fingerprint density at radius 2 is 2.27 bits per heavy atom. The maximum Gasteiger partial charge on any atom is 0.284 e. The van der Waals surface area contributed by atoms with Crippen molar-refractivity contribution in [1.82, 2.24) is 15.1 Å². The number of hydrogen-bond donors (Lipinski definition) is 1. The van der Waals surface area contributed by atoms with Gasteiger partial charge in [-0.05, 0) is 26.8 Å². The smallest absolute Gasteiger partial charge is 0.284 e. The monoisotopic (exact) mass is 305 g/mol. The predicted octanol–water partition coefficient (Wildman–Crippen LogP) is 2.59. The van der Waals surface area contributed by atoms with E-state index in [4.69, 9.17) is 13.9 Å². The van der Waals surface area contributed by atoms with E-state index < -0.39 is 0 Å². The standard InChI is InChI=1S/C16H23N3O3/c1-4-21-15-6-5-13(22-15)9-19-7-8-20-10-14(19)16-11(2)17-18-12(16)3/h5-6,14H,4,7-10H2,1-3H3,(H,17,18). The Hall–Kier alpha value is -1.79. The highest BCUT2D eigenvalue weighted by atomic mass is 16.6. The maximum absolute atomic E-state index is 5.72. The average Bonchev–Trinajstić information content (AvgIpc) is 3.08. The van der Waals surface area contributed by atoms with Crippen LogP contribution in [0, 0.1) is 13.8 Å². The summed E-state index contributed by atoms with van der Waals surface area (Å²) in [5.74, 6) is 1.49. The van der Waals surface area contributed by atoms with Crippen LogP contribution in [0.5, 0.6) is 5.95 Å². The number of hydrogen-bond acceptors (Lipinski definition) is 5. The Labute approximate surface area is 130 Å². The second-order valence-corrected chi connectivity index (χ2v) is 5.56. The van der Waals surface area contributed by atoms with Gasteiger partial charge in [-0.15, -0.1) is 0 Å². The minimum absolute atomic E-state index is 0.202. The fourth-order valence-corrected chi connectivity index (χ4v) is 3.01. The van der Waals surface area contributed by atoms with E-state index in [0.717, 1.165) is 36.8 Å². The van der Waals surface area contributed by atoms with Gasteiger partial charge < -0.3 is 13.9 Å². The van der Waals surface area contributed by atoms with Crippen molar-refractivity contribution in [1.29, 1.82) is 0 Å². The van der Waals surface area contributed by atoms with Crippen LogP contribution < -0.4 is 4.74 Å². The van der Waals surface area contributed by atoms with Crippen molar-refractivity contribution < 1.29 is 13.9 Å². The molecule has 1 atom stereocenters. The highest BCUT2D eigenvalue weighted by Crippen LogP contribution is 2.30. The van der Waals surface area contributed by atoms with E-state index in [1.807, 2.05) is 26.0 Å². The molecule has 6 nitrogen and oxygen atoms in total. The van der Waals surface area contributed by atoms with Crippen molar-refractivity contribution in [3.8, 4) is 5.95 Å². The summed E-state index contributed by atoms with van der Waals surface area (Å²) in [5, 5.41) is 7.37. The van der Waals surface area contributed by atoms with Crippen LogP contribution in [0.3, 0.4) is 0 Å². The molecule has 6 heteroatoms. The molecule has 3 rings (SSSR count). The zero-order chi connectivity index (χ0) is 15.5. The van der Waals surface area contributed by atoms with E-state index in [2.05, 4.69) is 22.0 Å². The van der Waals surface area contributed by atoms with Crippen LogP contribution in [0.2, 0.25) is 0 Å². The zero-order valence-electron chi connectivity index (χ0n) is 13.4. The number of ether oxygens (including phenoxy) is 2. The summed E-state index contributed by atoms with van der Waals surface area (Å²) >= 11 is 0. The second kappa shape index (κ2) is 6.54. The lowest BCUT2D eigenvalue weighted by atomic mass is 10.0. The molecule has 0 aromatic carbocycles. The fraction of sp³-hybridized carbons (Fsp3) is 0.562. The van der Waals surface area contributed by atoms with Gasteiger partial charge in [0.05, 0.1) is 38.1 Å². The minimum Gasteiger partial charge on any atom is -0.465 e. The van der Waals surface area contributed by atoms with Crippen molar-refractivity contribution in [2.75, 3.05) is 26.4 Å². The van der Waals surface area contributed by atoms with E-state index >= 15 is 0 Å². The normalized spacial score (nSPS) is 19.5. The number of aromatic amines is 1. The number of aromatic nitrogens is 2. The molecule has 1 fully saturated rings. The summed E-state index contributed by atoms with van der Waals surface area (Å²) in [7, 11) is 0. The summed E-state index contributed by atoms with van der Waals surface area (Å²) in [6.07, 6.45) is 0. The molecule has 1 saturated heterocycles. The first kappa shape index (κ1) is 15.1. The highest BCUT2D eigenvalue weighted by Gasteiger charge is 2.29. The van der Waals surface area contributed by atoms with Crippen molar-refractivity contribution in [3.05, 3.63) is 34.8 Å². The number of rotatable bonds is 5. The van der Waals surface area contributed by atoms with E-state index in [1.54, 1.807) is 0 Å². The third-order valence-electron chi connectivity index (χ3n) is 4.04. The largest absolute Gasteiger partial charge is 0.465 e. The average molecular weight is 305 g/mol. The molecule has 0 saturated carbocycles. The third kappa shape index (κ3) is 3.03. The Morgan fingerprint density at radius 3 is 3.00 bits per heavy atom. The van der Waals surface area contributed by atoms with Gasteiger partial charge in [-0.2, -0.15) is 5.10 Å². The Balaban J connectivity index is 1.77. The molecule has 0 spiro atoms. The molecule has 2 aromatic heterocycles. The quantitative estimate of drug-likeness (QED) is 0.920. The molecule has 0 amide bonds. The van der Waals surface area contributed by atoms with Crippen molar-refractivity contribution in [2.24, 2.45) is 0 Å². The number of H-pyrrole nitrogens is 1. The van der Waals surface area contributed by atoms with Crippen LogP contribution in [0.15, 0.2) is 16.5 Å². The van der Waals surface area contributed by atoms with Gasteiger partial charge in [-0.1, -0.05) is 0 Å². The molecule has 1 aliphatic heterocycles. The maximum atomic E-state index is 5.72. The SMILES string of the molecule is CCOc1ccc(CN2CCOCC2c2c(C)n[nH]c2C)o1. The van der Waals surface area contributed by atoms with Crippen molar-refractivity contribution >= 4 is 0 Å². The Kier molecular flexibility index (Phi) is 4.49. The van der Waals surface area contributed by atoms with E-state index in [9.17, 15) is 0 Å². The number of morpholine rings is 1. The molecular formula is C16H23N3O3. The summed E-state index contributed by atoms with van der Waals surface area (Å²) < 4.78 is 16.8. The van der Waals surface area contributed by atoms with E-state index in [1.165, 1.54) is 5.56 Å². The lowest BCUT2D eigenvalue weighted by molar-refractivity contribution is -0.0162. The van der Waals surface area contributed by atoms with Crippen LogP contribution in [0.25, 0.3) is 0 Å². The van der Waals surface area contributed by atoms with Crippen LogP contribution in [-0.2, 0) is 11.3 Å². The molecule has 0 radical (unpaired) electrons. The van der Waals surface area contributed by atoms with Crippen molar-refractivity contribution in [3.63, 3.8) is 0 Å². The number of aryl methyl sites for hydroxylation is 2. The summed E-state index contributed by atoms with van der Waals surface area (Å²) in [5.41, 5.74) is 3.37. The van der Waals surface area contributed by atoms with Gasteiger partial charge in [0.2, 0.25) is 0 Å². The highest BCUT2D eigenvalue weighted by molar-refractivity contribution is 5.28. The zero-order valence-corrected chi connectivity index (χ0v) is 13.4. The van der Waals surface area contributed by atoms with E-state index in [0.29, 0.717) is 19.2 Å². The molecule has 0 bridgehead atoms. The summed E-state index contributed by atoms with van der Waals surface area (Å²) in [6.45, 7) is 9.69. The van der Waals surface area contributed by atoms with Crippen LogP contribution >= 0.6 is 0 Å². The summed E-state index contributed by atoms with van der Waals surface area (Å²) in [6, 6.07) is 4.06. The van der Waals surface area contributed by atoms with Crippen LogP contribution in [0.1, 0.15) is 35.7 Å². The molecule has 0 aliphatic carbocycles. The first-order valence-electron chi connectivity index (χ1n) is 7.73. The van der Waals surface area contributed by atoms with Gasteiger partial charge in [0.1, 0.15) is 5.76 Å². The van der Waals surface area contributed by atoms with Crippen LogP contribution in [-0.4, -0.2) is 41.5 Å². The molecule has 1 aliphatic rings. The molecule has 3 heterocycles. The molecule has 2 aromatic rings. The fourth-order valence-electron chi connectivity index (χ4n) is 3.01. The van der Waals surface area contributed by atoms with Gasteiger partial charge in [0.15, 0.2) is 0 Å². The molecule has 120 valence electrons. The second-order valence-electron chi connectivity index (χ2n) is 5.56. The molecule has 1 unspecified atom stereocenters. The molecule has 22 heavy (non-hydrogen) atoms. The van der Waals surface area contributed by atoms with Gasteiger partial charge >= 0.3 is 0 Å². The number of nitrogens with zero attached hydrogens (tertiary/aromatic N) is 2. The van der Waals surface area contributed by atoms with E-state index in [-0.39, 0.29) is 6.04 Å². The number of nitrogens with one attached hydrogen (secondary N) is 1. The van der Waals surface area contributed by atoms with Gasteiger partial charge in [-0.3, -0.25) is 10.00 Å². The third-order valence-corrected chi connectivity index (χ3v) is 4.04. The lowest BCUT2D eigenvalue weighted by Gasteiger charge is -2.35.